The smallest absolute Gasteiger partial charge is 0.354 e. The van der Waals surface area contributed by atoms with E-state index in [-0.39, 0.29) is 11.4 Å². The molecule has 2 aromatic heterocycles. The molecular weight excluding hydrogens is 262 g/mol. The van der Waals surface area contributed by atoms with Crippen LogP contribution in [0.5, 0.6) is 0 Å². The first-order valence-electron chi connectivity index (χ1n) is 5.70. The highest BCUT2D eigenvalue weighted by atomic mass is 16.4. The quantitative estimate of drug-likeness (QED) is 0.761. The normalized spacial score (nSPS) is 10.1. The molecule has 0 saturated carbocycles. The number of carboxylic acid groups (broad SMARTS) is 1. The minimum atomic E-state index is -1.24. The van der Waals surface area contributed by atoms with E-state index in [9.17, 15) is 9.59 Å². The lowest BCUT2D eigenvalue weighted by atomic mass is 10.2. The Morgan fingerprint density at radius 2 is 2.15 bits per heavy atom. The summed E-state index contributed by atoms with van der Waals surface area (Å²) < 4.78 is 0. The van der Waals surface area contributed by atoms with Crippen LogP contribution in [0, 0.1) is 0 Å². The Morgan fingerprint density at radius 1 is 1.40 bits per heavy atom. The fourth-order valence-electron chi connectivity index (χ4n) is 1.68. The number of aromatic amines is 1. The van der Waals surface area contributed by atoms with Crippen LogP contribution in [0.4, 0.5) is 11.4 Å². The number of anilines is 2. The van der Waals surface area contributed by atoms with Crippen LogP contribution in [0.2, 0.25) is 0 Å². The average Bonchev–Trinajstić information content (AvgIpc) is 2.88. The topological polar surface area (TPSA) is 111 Å². The Kier molecular flexibility index (Phi) is 3.65. The van der Waals surface area contributed by atoms with E-state index in [2.05, 4.69) is 20.3 Å². The van der Waals surface area contributed by atoms with Crippen molar-refractivity contribution in [3.8, 4) is 0 Å². The van der Waals surface area contributed by atoms with Crippen LogP contribution in [-0.2, 0) is 0 Å². The van der Waals surface area contributed by atoms with Crippen molar-refractivity contribution in [2.45, 2.75) is 0 Å². The van der Waals surface area contributed by atoms with Gasteiger partial charge in [0.25, 0.3) is 5.91 Å². The van der Waals surface area contributed by atoms with Crippen molar-refractivity contribution in [3.05, 3.63) is 36.2 Å². The number of hydrogen-bond acceptors (Lipinski definition) is 5. The molecule has 2 heterocycles. The molecule has 1 amide bonds. The Hall–Kier alpha value is -2.90. The molecule has 0 unspecified atom stereocenters. The second-order valence-electron chi connectivity index (χ2n) is 4.17. The van der Waals surface area contributed by atoms with Crippen molar-refractivity contribution < 1.29 is 14.7 Å². The number of imidazole rings is 1. The van der Waals surface area contributed by atoms with Gasteiger partial charge in [0.1, 0.15) is 0 Å². The second kappa shape index (κ2) is 5.39. The highest BCUT2D eigenvalue weighted by Gasteiger charge is 2.20. The molecule has 2 aromatic rings. The third-order valence-electron chi connectivity index (χ3n) is 2.60. The molecule has 0 saturated heterocycles. The van der Waals surface area contributed by atoms with E-state index in [0.29, 0.717) is 5.69 Å². The molecule has 3 N–H and O–H groups in total. The summed E-state index contributed by atoms with van der Waals surface area (Å²) >= 11 is 0. The lowest BCUT2D eigenvalue weighted by Crippen LogP contribution is -2.19. The summed E-state index contributed by atoms with van der Waals surface area (Å²) in [6.07, 6.45) is 4.25. The predicted octanol–water partition coefficient (Wildman–Crippen LogP) is 0.821. The molecular formula is C12H13N5O3. The van der Waals surface area contributed by atoms with Crippen molar-refractivity contribution in [2.24, 2.45) is 0 Å². The standard InChI is InChI=1S/C12H13N5O3/c1-17(2)8-3-4-13-5-7(8)16-11(18)9-10(12(19)20)15-6-14-9/h3-6H,1-2H3,(H,14,15)(H,16,18)(H,19,20). The Labute approximate surface area is 114 Å². The highest BCUT2D eigenvalue weighted by molar-refractivity contribution is 6.09. The predicted molar refractivity (Wildman–Crippen MR) is 72.1 cm³/mol. The number of aromatic nitrogens is 3. The number of aromatic carboxylic acids is 1. The van der Waals surface area contributed by atoms with Crippen LogP contribution in [0.25, 0.3) is 0 Å². The van der Waals surface area contributed by atoms with Crippen molar-refractivity contribution in [1.29, 1.82) is 0 Å². The van der Waals surface area contributed by atoms with Crippen molar-refractivity contribution in [1.82, 2.24) is 15.0 Å². The van der Waals surface area contributed by atoms with Gasteiger partial charge >= 0.3 is 5.97 Å². The van der Waals surface area contributed by atoms with Gasteiger partial charge in [-0.15, -0.1) is 0 Å². The van der Waals surface area contributed by atoms with Gasteiger partial charge in [-0.3, -0.25) is 9.78 Å². The van der Waals surface area contributed by atoms with Gasteiger partial charge < -0.3 is 20.3 Å². The summed E-state index contributed by atoms with van der Waals surface area (Å²) in [5.74, 6) is -1.86. The maximum atomic E-state index is 12.1. The monoisotopic (exact) mass is 275 g/mol. The van der Waals surface area contributed by atoms with Crippen LogP contribution in [-0.4, -0.2) is 46.0 Å². The van der Waals surface area contributed by atoms with Gasteiger partial charge in [0.2, 0.25) is 0 Å². The third-order valence-corrected chi connectivity index (χ3v) is 2.60. The lowest BCUT2D eigenvalue weighted by Gasteiger charge is -2.16. The molecule has 0 aliphatic heterocycles. The van der Waals surface area contributed by atoms with E-state index in [0.717, 1.165) is 12.0 Å². The zero-order valence-corrected chi connectivity index (χ0v) is 10.9. The maximum absolute atomic E-state index is 12.1. The fourth-order valence-corrected chi connectivity index (χ4v) is 1.68. The molecule has 0 fully saturated rings. The van der Waals surface area contributed by atoms with E-state index in [1.807, 2.05) is 14.1 Å². The number of amides is 1. The summed E-state index contributed by atoms with van der Waals surface area (Å²) in [5, 5.41) is 11.5. The van der Waals surface area contributed by atoms with Crippen molar-refractivity contribution in [2.75, 3.05) is 24.3 Å². The van der Waals surface area contributed by atoms with E-state index in [1.54, 1.807) is 17.2 Å². The summed E-state index contributed by atoms with van der Waals surface area (Å²) in [4.78, 5) is 34.9. The summed E-state index contributed by atoms with van der Waals surface area (Å²) in [6, 6.07) is 1.73. The average molecular weight is 275 g/mol. The Bertz CT molecular complexity index is 650. The van der Waals surface area contributed by atoms with Gasteiger partial charge in [0.15, 0.2) is 11.4 Å². The van der Waals surface area contributed by atoms with Crippen LogP contribution in [0.1, 0.15) is 21.0 Å². The molecule has 8 heteroatoms. The number of carbonyl (C=O) groups is 2. The number of pyridine rings is 1. The molecule has 8 nitrogen and oxygen atoms in total. The largest absolute Gasteiger partial charge is 0.477 e. The molecule has 0 bridgehead atoms. The number of hydrogen-bond donors (Lipinski definition) is 3. The number of rotatable bonds is 4. The summed E-state index contributed by atoms with van der Waals surface area (Å²) in [6.45, 7) is 0. The zero-order valence-electron chi connectivity index (χ0n) is 10.9. The summed E-state index contributed by atoms with van der Waals surface area (Å²) in [7, 11) is 3.64. The SMILES string of the molecule is CN(C)c1ccncc1NC(=O)c1nc[nH]c1C(=O)O. The van der Waals surface area contributed by atoms with Crippen molar-refractivity contribution in [3.63, 3.8) is 0 Å². The first kappa shape index (κ1) is 13.5. The van der Waals surface area contributed by atoms with Gasteiger partial charge in [0, 0.05) is 20.3 Å². The molecule has 20 heavy (non-hydrogen) atoms. The zero-order chi connectivity index (χ0) is 14.7. The molecule has 0 aliphatic carbocycles. The minimum Gasteiger partial charge on any atom is -0.477 e. The number of carboxylic acids is 1. The van der Waals surface area contributed by atoms with Crippen LogP contribution < -0.4 is 10.2 Å². The van der Waals surface area contributed by atoms with E-state index in [1.165, 1.54) is 6.20 Å². The minimum absolute atomic E-state index is 0.175. The number of carbonyl (C=O) groups excluding carboxylic acids is 1. The molecule has 0 spiro atoms. The van der Waals surface area contributed by atoms with Crippen LogP contribution in [0.15, 0.2) is 24.8 Å². The number of H-pyrrole nitrogens is 1. The van der Waals surface area contributed by atoms with Crippen molar-refractivity contribution >= 4 is 23.3 Å². The number of nitrogens with zero attached hydrogens (tertiary/aromatic N) is 3. The molecule has 0 aromatic carbocycles. The maximum Gasteiger partial charge on any atom is 0.354 e. The fraction of sp³-hybridized carbons (Fsp3) is 0.167. The lowest BCUT2D eigenvalue weighted by molar-refractivity contribution is 0.0686. The Morgan fingerprint density at radius 3 is 2.80 bits per heavy atom. The Balaban J connectivity index is 2.29. The highest BCUT2D eigenvalue weighted by Crippen LogP contribution is 2.22. The van der Waals surface area contributed by atoms with E-state index >= 15 is 0 Å². The van der Waals surface area contributed by atoms with Gasteiger partial charge in [-0.25, -0.2) is 9.78 Å². The molecule has 0 aliphatic rings. The van der Waals surface area contributed by atoms with Crippen LogP contribution in [0.3, 0.4) is 0 Å². The summed E-state index contributed by atoms with van der Waals surface area (Å²) in [5.41, 5.74) is 0.798. The van der Waals surface area contributed by atoms with E-state index < -0.39 is 11.9 Å². The number of nitrogens with one attached hydrogen (secondary N) is 2. The van der Waals surface area contributed by atoms with E-state index in [4.69, 9.17) is 5.11 Å². The third kappa shape index (κ3) is 2.58. The molecule has 104 valence electrons. The first-order valence-corrected chi connectivity index (χ1v) is 5.70. The van der Waals surface area contributed by atoms with Crippen LogP contribution >= 0.6 is 0 Å². The molecule has 0 radical (unpaired) electrons. The van der Waals surface area contributed by atoms with Gasteiger partial charge in [-0.1, -0.05) is 0 Å². The van der Waals surface area contributed by atoms with Gasteiger partial charge in [-0.2, -0.15) is 0 Å². The first-order chi connectivity index (χ1) is 9.50. The van der Waals surface area contributed by atoms with Gasteiger partial charge in [0.05, 0.1) is 23.9 Å². The van der Waals surface area contributed by atoms with Gasteiger partial charge in [-0.05, 0) is 6.07 Å². The molecule has 0 atom stereocenters. The molecule has 2 rings (SSSR count). The second-order valence-corrected chi connectivity index (χ2v) is 4.17.